The van der Waals surface area contributed by atoms with Crippen LogP contribution in [0, 0.1) is 0 Å². The number of hydrogen-bond acceptors (Lipinski definition) is 3. The zero-order valence-electron chi connectivity index (χ0n) is 5.04. The summed E-state index contributed by atoms with van der Waals surface area (Å²) in [6.07, 6.45) is 0. The summed E-state index contributed by atoms with van der Waals surface area (Å²) in [5.74, 6) is 0. The molecule has 0 rings (SSSR count). The van der Waals surface area contributed by atoms with Gasteiger partial charge in [0.1, 0.15) is 0 Å². The maximum atomic E-state index is 10.3. The van der Waals surface area contributed by atoms with Crippen molar-refractivity contribution in [3.8, 4) is 0 Å². The van der Waals surface area contributed by atoms with E-state index >= 15 is 0 Å². The molecule has 1 unspecified atom stereocenters. The van der Waals surface area contributed by atoms with Gasteiger partial charge in [-0.3, -0.25) is 0 Å². The number of hydrogen-bond donors (Lipinski definition) is 2. The van der Waals surface area contributed by atoms with Crippen LogP contribution in [0.25, 0.3) is 0 Å². The van der Waals surface area contributed by atoms with Crippen LogP contribution in [-0.4, -0.2) is 24.3 Å². The molecule has 7 heteroatoms. The topological polar surface area (TPSA) is 83.5 Å². The van der Waals surface area contributed by atoms with Gasteiger partial charge in [0.25, 0.3) is 0 Å². The Morgan fingerprint density at radius 3 is 2.20 bits per heavy atom. The summed E-state index contributed by atoms with van der Waals surface area (Å²) in [6.45, 7) is 1.31. The highest BCUT2D eigenvalue weighted by molar-refractivity contribution is 8.03. The zero-order chi connectivity index (χ0) is 8.36. The largest absolute Gasteiger partial charge is 0.469 e. The highest BCUT2D eigenvalue weighted by Gasteiger charge is 2.21. The molecule has 0 aromatic rings. The number of nitrogens with one attached hydrogen (secondary N) is 1. The van der Waals surface area contributed by atoms with E-state index in [9.17, 15) is 13.2 Å². The van der Waals surface area contributed by atoms with Crippen LogP contribution >= 0.6 is 11.6 Å². The molecule has 0 aromatic carbocycles. The Balaban J connectivity index is 4.31. The normalized spacial score (nSPS) is 14.6. The van der Waals surface area contributed by atoms with Gasteiger partial charge in [0, 0.05) is 0 Å². The second-order valence-corrected chi connectivity index (χ2v) is 3.75. The third kappa shape index (κ3) is 3.00. The Hall–Kier alpha value is -0.330. The Labute approximate surface area is 63.0 Å². The lowest BCUT2D eigenvalue weighted by Crippen LogP contribution is -2.33. The molecular weight excluding hydrogens is 182 g/mol. The zero-order valence-corrected chi connectivity index (χ0v) is 6.61. The predicted octanol–water partition coefficient (Wildman–Crippen LogP) is 0.169. The van der Waals surface area contributed by atoms with E-state index in [1.807, 2.05) is 0 Å². The van der Waals surface area contributed by atoms with Crippen molar-refractivity contribution in [2.45, 2.75) is 12.4 Å². The lowest BCUT2D eigenvalue weighted by molar-refractivity contribution is 0.218. The number of carboxylic acid groups (broad SMARTS) is 1. The highest BCUT2D eigenvalue weighted by Crippen LogP contribution is 1.93. The summed E-state index contributed by atoms with van der Waals surface area (Å²) in [5.41, 5.74) is -0.916. The lowest BCUT2D eigenvalue weighted by Gasteiger charge is -2.01. The summed E-state index contributed by atoms with van der Waals surface area (Å²) in [6, 6.07) is 0. The minimum absolute atomic E-state index is 0.916. The molecule has 0 aliphatic heterocycles. The molecule has 0 radical (unpaired) electrons. The molecule has 1 atom stereocenters. The van der Waals surface area contributed by atoms with Gasteiger partial charge in [-0.1, -0.05) is 0 Å². The molecule has 2 N–H and O–H groups in total. The van der Waals surface area contributed by atoms with Crippen molar-refractivity contribution in [1.82, 2.24) is 4.72 Å². The van der Waals surface area contributed by atoms with E-state index < -0.39 is 20.8 Å². The molecule has 0 aliphatic rings. The summed E-state index contributed by atoms with van der Waals surface area (Å²) in [4.78, 5) is 9.85. The Bertz CT molecular complexity index is 221. The van der Waals surface area contributed by atoms with E-state index in [0.29, 0.717) is 0 Å². The molecule has 0 saturated heterocycles. The van der Waals surface area contributed by atoms with Gasteiger partial charge in [0.05, 0.1) is 5.50 Å². The fraction of sp³-hybridized carbons (Fsp3) is 0.667. The van der Waals surface area contributed by atoms with Crippen molar-refractivity contribution in [3.63, 3.8) is 0 Å². The van der Waals surface area contributed by atoms with Crippen LogP contribution in [0.2, 0.25) is 0 Å². The van der Waals surface area contributed by atoms with E-state index in [4.69, 9.17) is 16.7 Å². The van der Waals surface area contributed by atoms with Crippen LogP contribution in [0.15, 0.2) is 0 Å². The quantitative estimate of drug-likeness (QED) is 0.477. The van der Waals surface area contributed by atoms with Gasteiger partial charge in [-0.05, 0) is 6.92 Å². The van der Waals surface area contributed by atoms with E-state index in [1.165, 1.54) is 6.92 Å². The summed E-state index contributed by atoms with van der Waals surface area (Å²) in [5, 5.41) is 6.05. The van der Waals surface area contributed by atoms with E-state index in [2.05, 4.69) is 0 Å². The average Bonchev–Trinajstić information content (AvgIpc) is 1.60. The number of alkyl halides is 1. The van der Waals surface area contributed by atoms with Crippen LogP contribution in [0.1, 0.15) is 6.92 Å². The molecule has 60 valence electrons. The minimum atomic E-state index is -4.26. The molecule has 5 nitrogen and oxygen atoms in total. The molecule has 10 heavy (non-hydrogen) atoms. The average molecular weight is 188 g/mol. The first-order valence-corrected chi connectivity index (χ1v) is 4.17. The van der Waals surface area contributed by atoms with Crippen LogP contribution in [-0.2, 0) is 10.0 Å². The van der Waals surface area contributed by atoms with Gasteiger partial charge in [0.2, 0.25) is 0 Å². The van der Waals surface area contributed by atoms with Crippen molar-refractivity contribution < 1.29 is 18.3 Å². The SMILES string of the molecule is CC(Cl)NS(=O)(=O)C(=O)O. The number of rotatable bonds is 2. The summed E-state index contributed by atoms with van der Waals surface area (Å²) in [7, 11) is -4.26. The molecule has 0 heterocycles. The second-order valence-electron chi connectivity index (χ2n) is 1.50. The van der Waals surface area contributed by atoms with Gasteiger partial charge < -0.3 is 5.11 Å². The van der Waals surface area contributed by atoms with Crippen molar-refractivity contribution >= 4 is 26.9 Å². The van der Waals surface area contributed by atoms with Gasteiger partial charge in [-0.15, -0.1) is 11.6 Å². The van der Waals surface area contributed by atoms with Crippen LogP contribution in [0.5, 0.6) is 0 Å². The Morgan fingerprint density at radius 2 is 2.10 bits per heavy atom. The van der Waals surface area contributed by atoms with Crippen molar-refractivity contribution in [3.05, 3.63) is 0 Å². The predicted molar refractivity (Wildman–Crippen MR) is 35.4 cm³/mol. The third-order valence-corrected chi connectivity index (χ3v) is 1.91. The van der Waals surface area contributed by atoms with E-state index in [-0.39, 0.29) is 0 Å². The van der Waals surface area contributed by atoms with E-state index in [0.717, 1.165) is 0 Å². The lowest BCUT2D eigenvalue weighted by atomic mass is 10.8. The van der Waals surface area contributed by atoms with Crippen molar-refractivity contribution in [1.29, 1.82) is 0 Å². The first-order chi connectivity index (χ1) is 4.36. The maximum Gasteiger partial charge on any atom is 0.437 e. The van der Waals surface area contributed by atoms with Gasteiger partial charge in [-0.25, -0.2) is 13.2 Å². The number of sulfonamides is 1. The third-order valence-electron chi connectivity index (χ3n) is 0.547. The van der Waals surface area contributed by atoms with Gasteiger partial charge >= 0.3 is 15.3 Å². The van der Waals surface area contributed by atoms with E-state index in [1.54, 1.807) is 4.72 Å². The fourth-order valence-electron chi connectivity index (χ4n) is 0.264. The van der Waals surface area contributed by atoms with Gasteiger partial charge in [-0.2, -0.15) is 4.72 Å². The first-order valence-electron chi connectivity index (χ1n) is 2.25. The summed E-state index contributed by atoms with van der Waals surface area (Å²) < 4.78 is 22.3. The molecule has 0 aliphatic carbocycles. The maximum absolute atomic E-state index is 10.3. The smallest absolute Gasteiger partial charge is 0.437 e. The second kappa shape index (κ2) is 3.18. The molecule has 0 amide bonds. The van der Waals surface area contributed by atoms with Gasteiger partial charge in [0.15, 0.2) is 0 Å². The summed E-state index contributed by atoms with van der Waals surface area (Å²) >= 11 is 5.15. The molecule has 0 saturated carbocycles. The number of carbonyl (C=O) groups is 1. The molecule has 0 aromatic heterocycles. The number of halogens is 1. The molecular formula is C3H6ClNO4S. The first kappa shape index (κ1) is 9.67. The molecule has 0 bridgehead atoms. The Morgan fingerprint density at radius 1 is 1.70 bits per heavy atom. The highest BCUT2D eigenvalue weighted by atomic mass is 35.5. The standard InChI is InChI=1S/C3H6ClNO4S/c1-2(4)5-10(8,9)3(6)7/h2,5H,1H3,(H,6,7). The van der Waals surface area contributed by atoms with Crippen LogP contribution < -0.4 is 4.72 Å². The molecule has 0 fully saturated rings. The fourth-order valence-corrected chi connectivity index (χ4v) is 1.14. The van der Waals surface area contributed by atoms with Crippen molar-refractivity contribution in [2.24, 2.45) is 0 Å². The van der Waals surface area contributed by atoms with Crippen LogP contribution in [0.3, 0.4) is 0 Å². The minimum Gasteiger partial charge on any atom is -0.469 e. The van der Waals surface area contributed by atoms with Crippen molar-refractivity contribution in [2.75, 3.05) is 0 Å². The Kier molecular flexibility index (Phi) is 3.07. The molecule has 0 spiro atoms. The van der Waals surface area contributed by atoms with Crippen LogP contribution in [0.4, 0.5) is 4.79 Å². The monoisotopic (exact) mass is 187 g/mol.